The average molecular weight is 399 g/mol. The molecule has 0 radical (unpaired) electrons. The molecule has 1 amide bonds. The van der Waals surface area contributed by atoms with Gasteiger partial charge in [0.2, 0.25) is 5.91 Å². The Morgan fingerprint density at radius 1 is 1.10 bits per heavy atom. The molecule has 7 nitrogen and oxygen atoms in total. The number of hydrogen-bond acceptors (Lipinski definition) is 4. The maximum Gasteiger partial charge on any atom is 0.337 e. The SMILES string of the molecule is CCn1cc(C)c(C(=O)O)c1CC(=O)NCCN1CCN(c2ccccc2)CC1. The number of carbonyl (C=O) groups is 2. The molecule has 0 saturated carbocycles. The molecule has 1 aromatic heterocycles. The molecule has 0 atom stereocenters. The van der Waals surface area contributed by atoms with Crippen LogP contribution >= 0.6 is 0 Å². The Labute approximate surface area is 171 Å². The van der Waals surface area contributed by atoms with Crippen molar-refractivity contribution in [2.45, 2.75) is 26.8 Å². The van der Waals surface area contributed by atoms with Gasteiger partial charge in [0.1, 0.15) is 0 Å². The van der Waals surface area contributed by atoms with Gasteiger partial charge in [0.15, 0.2) is 0 Å². The quantitative estimate of drug-likeness (QED) is 0.711. The van der Waals surface area contributed by atoms with Crippen molar-refractivity contribution < 1.29 is 14.7 Å². The second kappa shape index (κ2) is 9.60. The standard InChI is InChI=1S/C22H30N4O3/c1-3-25-16-17(2)21(22(28)29)19(25)15-20(27)23-9-10-24-11-13-26(14-12-24)18-7-5-4-6-8-18/h4-8,16H,3,9-15H2,1-2H3,(H,23,27)(H,28,29). The number of piperazine rings is 1. The van der Waals surface area contributed by atoms with E-state index in [9.17, 15) is 14.7 Å². The van der Waals surface area contributed by atoms with Gasteiger partial charge in [-0.25, -0.2) is 4.79 Å². The summed E-state index contributed by atoms with van der Waals surface area (Å²) in [7, 11) is 0. The van der Waals surface area contributed by atoms with E-state index in [1.807, 2.05) is 17.6 Å². The number of amides is 1. The number of carboxylic acids is 1. The van der Waals surface area contributed by atoms with Crippen molar-refractivity contribution in [2.24, 2.45) is 0 Å². The maximum absolute atomic E-state index is 12.4. The van der Waals surface area contributed by atoms with Crippen LogP contribution in [0.3, 0.4) is 0 Å². The number of hydrogen-bond donors (Lipinski definition) is 2. The largest absolute Gasteiger partial charge is 0.478 e. The van der Waals surface area contributed by atoms with Crippen molar-refractivity contribution in [3.8, 4) is 0 Å². The van der Waals surface area contributed by atoms with Crippen molar-refractivity contribution in [3.63, 3.8) is 0 Å². The first-order chi connectivity index (χ1) is 14.0. The van der Waals surface area contributed by atoms with E-state index in [1.54, 1.807) is 13.1 Å². The summed E-state index contributed by atoms with van der Waals surface area (Å²) < 4.78 is 1.85. The number of aryl methyl sites for hydroxylation is 2. The smallest absolute Gasteiger partial charge is 0.337 e. The monoisotopic (exact) mass is 398 g/mol. The van der Waals surface area contributed by atoms with Crippen molar-refractivity contribution in [2.75, 3.05) is 44.2 Å². The van der Waals surface area contributed by atoms with Gasteiger partial charge in [-0.15, -0.1) is 0 Å². The van der Waals surface area contributed by atoms with E-state index in [-0.39, 0.29) is 17.9 Å². The minimum Gasteiger partial charge on any atom is -0.478 e. The second-order valence-electron chi connectivity index (χ2n) is 7.42. The number of benzene rings is 1. The van der Waals surface area contributed by atoms with Crippen molar-refractivity contribution in [1.82, 2.24) is 14.8 Å². The summed E-state index contributed by atoms with van der Waals surface area (Å²) in [5, 5.41) is 12.4. The Hall–Kier alpha value is -2.80. The number of para-hydroxylation sites is 1. The Balaban J connectivity index is 1.45. The summed E-state index contributed by atoms with van der Waals surface area (Å²) in [5.41, 5.74) is 2.77. The Kier molecular flexibility index (Phi) is 6.93. The normalized spacial score (nSPS) is 14.8. The zero-order chi connectivity index (χ0) is 20.8. The van der Waals surface area contributed by atoms with Crippen LogP contribution < -0.4 is 10.2 Å². The van der Waals surface area contributed by atoms with Crippen molar-refractivity contribution in [3.05, 3.63) is 53.3 Å². The third-order valence-corrected chi connectivity index (χ3v) is 5.51. The van der Waals surface area contributed by atoms with Crippen LogP contribution in [0.1, 0.15) is 28.5 Å². The molecular formula is C22H30N4O3. The van der Waals surface area contributed by atoms with Crippen molar-refractivity contribution in [1.29, 1.82) is 0 Å². The highest BCUT2D eigenvalue weighted by Crippen LogP contribution is 2.18. The molecule has 1 aliphatic heterocycles. The van der Waals surface area contributed by atoms with E-state index in [0.29, 0.717) is 24.3 Å². The lowest BCUT2D eigenvalue weighted by Crippen LogP contribution is -2.48. The van der Waals surface area contributed by atoms with Crippen LogP contribution in [0.15, 0.2) is 36.5 Å². The summed E-state index contributed by atoms with van der Waals surface area (Å²) >= 11 is 0. The van der Waals surface area contributed by atoms with E-state index in [4.69, 9.17) is 0 Å². The number of anilines is 1. The summed E-state index contributed by atoms with van der Waals surface area (Å²) in [6.45, 7) is 9.60. The second-order valence-corrected chi connectivity index (χ2v) is 7.42. The van der Waals surface area contributed by atoms with E-state index in [2.05, 4.69) is 39.4 Å². The van der Waals surface area contributed by atoms with Crippen LogP contribution in [0.4, 0.5) is 5.69 Å². The molecule has 0 unspecified atom stereocenters. The molecule has 0 bridgehead atoms. The third kappa shape index (κ3) is 5.17. The van der Waals surface area contributed by atoms with Gasteiger partial charge in [-0.2, -0.15) is 0 Å². The molecule has 7 heteroatoms. The van der Waals surface area contributed by atoms with Crippen molar-refractivity contribution >= 4 is 17.6 Å². The van der Waals surface area contributed by atoms with E-state index >= 15 is 0 Å². The minimum atomic E-state index is -0.978. The first-order valence-corrected chi connectivity index (χ1v) is 10.2. The highest BCUT2D eigenvalue weighted by atomic mass is 16.4. The first-order valence-electron chi connectivity index (χ1n) is 10.2. The number of aromatic carboxylic acids is 1. The highest BCUT2D eigenvalue weighted by molar-refractivity contribution is 5.93. The molecule has 2 heterocycles. The topological polar surface area (TPSA) is 77.8 Å². The fourth-order valence-electron chi connectivity index (χ4n) is 3.95. The molecule has 156 valence electrons. The lowest BCUT2D eigenvalue weighted by Gasteiger charge is -2.36. The van der Waals surface area contributed by atoms with Gasteiger partial charge in [0.25, 0.3) is 0 Å². The molecule has 2 aromatic rings. The lowest BCUT2D eigenvalue weighted by molar-refractivity contribution is -0.120. The van der Waals surface area contributed by atoms with Crippen LogP contribution in [0.5, 0.6) is 0 Å². The summed E-state index contributed by atoms with van der Waals surface area (Å²) in [6.07, 6.45) is 1.89. The molecule has 0 aliphatic carbocycles. The van der Waals surface area contributed by atoms with E-state index in [1.165, 1.54) is 5.69 Å². The third-order valence-electron chi connectivity index (χ3n) is 5.51. The number of aromatic nitrogens is 1. The number of carboxylic acid groups (broad SMARTS) is 1. The Bertz CT molecular complexity index is 839. The zero-order valence-electron chi connectivity index (χ0n) is 17.2. The van der Waals surface area contributed by atoms with Gasteiger partial charge in [0, 0.05) is 63.4 Å². The van der Waals surface area contributed by atoms with Gasteiger partial charge in [-0.05, 0) is 31.5 Å². The highest BCUT2D eigenvalue weighted by Gasteiger charge is 2.21. The zero-order valence-corrected chi connectivity index (χ0v) is 17.2. The first kappa shape index (κ1) is 20.9. The number of carbonyl (C=O) groups excluding carboxylic acids is 1. The average Bonchev–Trinajstić information content (AvgIpc) is 3.04. The molecule has 1 saturated heterocycles. The summed E-state index contributed by atoms with van der Waals surface area (Å²) in [4.78, 5) is 28.7. The molecule has 0 spiro atoms. The van der Waals surface area contributed by atoms with Gasteiger partial charge in [-0.3, -0.25) is 9.69 Å². The van der Waals surface area contributed by atoms with Crippen LogP contribution in [-0.4, -0.2) is 65.7 Å². The fourth-order valence-corrected chi connectivity index (χ4v) is 3.95. The Morgan fingerprint density at radius 2 is 1.79 bits per heavy atom. The molecule has 29 heavy (non-hydrogen) atoms. The van der Waals surface area contributed by atoms with Crippen LogP contribution in [0, 0.1) is 6.92 Å². The summed E-state index contributed by atoms with van der Waals surface area (Å²) in [6, 6.07) is 10.4. The summed E-state index contributed by atoms with van der Waals surface area (Å²) in [5.74, 6) is -1.11. The maximum atomic E-state index is 12.4. The number of rotatable bonds is 8. The van der Waals surface area contributed by atoms with Gasteiger partial charge in [0.05, 0.1) is 12.0 Å². The molecule has 1 aliphatic rings. The van der Waals surface area contributed by atoms with Gasteiger partial charge in [-0.1, -0.05) is 18.2 Å². The molecule has 3 rings (SSSR count). The van der Waals surface area contributed by atoms with E-state index < -0.39 is 5.97 Å². The fraction of sp³-hybridized carbons (Fsp3) is 0.455. The molecule has 2 N–H and O–H groups in total. The predicted molar refractivity (Wildman–Crippen MR) is 114 cm³/mol. The molecule has 1 aromatic carbocycles. The predicted octanol–water partition coefficient (Wildman–Crippen LogP) is 2.00. The minimum absolute atomic E-state index is 0.0884. The van der Waals surface area contributed by atoms with Crippen LogP contribution in [0.2, 0.25) is 0 Å². The molecule has 1 fully saturated rings. The lowest BCUT2D eigenvalue weighted by atomic mass is 10.1. The van der Waals surface area contributed by atoms with Gasteiger partial charge < -0.3 is 19.9 Å². The van der Waals surface area contributed by atoms with Crippen LogP contribution in [0.25, 0.3) is 0 Å². The van der Waals surface area contributed by atoms with Gasteiger partial charge >= 0.3 is 5.97 Å². The van der Waals surface area contributed by atoms with E-state index in [0.717, 1.165) is 32.7 Å². The molecular weight excluding hydrogens is 368 g/mol. The van der Waals surface area contributed by atoms with Crippen LogP contribution in [-0.2, 0) is 17.8 Å². The number of nitrogens with zero attached hydrogens (tertiary/aromatic N) is 3. The number of nitrogens with one attached hydrogen (secondary N) is 1. The Morgan fingerprint density at radius 3 is 2.41 bits per heavy atom.